The molecule has 1 aliphatic heterocycles. The number of anilines is 1. The van der Waals surface area contributed by atoms with Gasteiger partial charge in [0.25, 0.3) is 5.56 Å². The molecule has 0 atom stereocenters. The van der Waals surface area contributed by atoms with E-state index in [4.69, 9.17) is 17.0 Å². The van der Waals surface area contributed by atoms with E-state index in [0.717, 1.165) is 39.1 Å². The molecule has 174 valence electrons. The van der Waals surface area contributed by atoms with Gasteiger partial charge in [-0.25, -0.2) is 4.79 Å². The smallest absolute Gasteiger partial charge is 0.337 e. The molecule has 0 bridgehead atoms. The molecule has 1 saturated heterocycles. The Morgan fingerprint density at radius 2 is 1.82 bits per heavy atom. The van der Waals surface area contributed by atoms with E-state index in [9.17, 15) is 9.59 Å². The standard InChI is InChI=1S/C25H30N4O3S/c1-17-5-6-18(2)22(15-17)28-13-11-27(12-14-28)9-4-10-29-23(30)20-8-7-19(24(31)32-3)16-21(20)26-25(29)33/h5-8,15-16H,4,9-14H2,1-3H3,(H,26,33). The number of hydrogen-bond donors (Lipinski definition) is 1. The van der Waals surface area contributed by atoms with Crippen molar-refractivity contribution in [2.75, 3.05) is 44.7 Å². The second-order valence-electron chi connectivity index (χ2n) is 8.61. The zero-order valence-corrected chi connectivity index (χ0v) is 20.2. The van der Waals surface area contributed by atoms with E-state index in [1.165, 1.54) is 23.9 Å². The summed E-state index contributed by atoms with van der Waals surface area (Å²) in [4.78, 5) is 32.7. The second kappa shape index (κ2) is 9.89. The number of rotatable bonds is 6. The van der Waals surface area contributed by atoms with Crippen LogP contribution < -0.4 is 10.5 Å². The molecular weight excluding hydrogens is 436 g/mol. The van der Waals surface area contributed by atoms with Crippen molar-refractivity contribution in [2.45, 2.75) is 26.8 Å². The SMILES string of the molecule is COC(=O)c1ccc2c(=O)n(CCCN3CCN(c4cc(C)ccc4C)CC3)c(=S)[nH]c2c1. The number of piperazine rings is 1. The monoisotopic (exact) mass is 466 g/mol. The number of aromatic nitrogens is 2. The number of nitrogens with zero attached hydrogens (tertiary/aromatic N) is 3. The predicted molar refractivity (Wildman–Crippen MR) is 134 cm³/mol. The highest BCUT2D eigenvalue weighted by Crippen LogP contribution is 2.23. The third-order valence-corrected chi connectivity index (χ3v) is 6.66. The van der Waals surface area contributed by atoms with Crippen molar-refractivity contribution in [3.05, 3.63) is 68.2 Å². The maximum Gasteiger partial charge on any atom is 0.337 e. The van der Waals surface area contributed by atoms with Crippen molar-refractivity contribution in [1.29, 1.82) is 0 Å². The van der Waals surface area contributed by atoms with Crippen LogP contribution in [0.4, 0.5) is 5.69 Å². The summed E-state index contributed by atoms with van der Waals surface area (Å²) in [6.45, 7) is 9.79. The average Bonchev–Trinajstić information content (AvgIpc) is 2.82. The molecule has 0 radical (unpaired) electrons. The van der Waals surface area contributed by atoms with Gasteiger partial charge in [-0.2, -0.15) is 0 Å². The van der Waals surface area contributed by atoms with Gasteiger partial charge < -0.3 is 14.6 Å². The van der Waals surface area contributed by atoms with Crippen molar-refractivity contribution < 1.29 is 9.53 Å². The van der Waals surface area contributed by atoms with Crippen LogP contribution >= 0.6 is 12.2 Å². The van der Waals surface area contributed by atoms with Gasteiger partial charge in [-0.15, -0.1) is 0 Å². The van der Waals surface area contributed by atoms with Crippen LogP contribution in [0.15, 0.2) is 41.2 Å². The summed E-state index contributed by atoms with van der Waals surface area (Å²) in [5.74, 6) is -0.446. The lowest BCUT2D eigenvalue weighted by Crippen LogP contribution is -2.47. The van der Waals surface area contributed by atoms with Crippen molar-refractivity contribution in [1.82, 2.24) is 14.5 Å². The van der Waals surface area contributed by atoms with Crippen molar-refractivity contribution in [2.24, 2.45) is 0 Å². The Hall–Kier alpha value is -2.97. The van der Waals surface area contributed by atoms with Gasteiger partial charge in [0.1, 0.15) is 0 Å². The number of fused-ring (bicyclic) bond motifs is 1. The van der Waals surface area contributed by atoms with Crippen LogP contribution in [0.2, 0.25) is 0 Å². The largest absolute Gasteiger partial charge is 0.465 e. The van der Waals surface area contributed by atoms with Gasteiger partial charge in [0.2, 0.25) is 0 Å². The maximum atomic E-state index is 13.0. The highest BCUT2D eigenvalue weighted by atomic mass is 32.1. The summed E-state index contributed by atoms with van der Waals surface area (Å²) < 4.78 is 6.74. The van der Waals surface area contributed by atoms with Gasteiger partial charge in [-0.05, 0) is 74.4 Å². The zero-order valence-electron chi connectivity index (χ0n) is 19.4. The van der Waals surface area contributed by atoms with Gasteiger partial charge >= 0.3 is 5.97 Å². The van der Waals surface area contributed by atoms with Crippen LogP contribution in [0.3, 0.4) is 0 Å². The third kappa shape index (κ3) is 5.02. The first-order chi connectivity index (χ1) is 15.9. The summed E-state index contributed by atoms with van der Waals surface area (Å²) in [5.41, 5.74) is 4.73. The number of methoxy groups -OCH3 is 1. The highest BCUT2D eigenvalue weighted by Gasteiger charge is 2.18. The van der Waals surface area contributed by atoms with E-state index >= 15 is 0 Å². The summed E-state index contributed by atoms with van der Waals surface area (Å²) in [5, 5.41) is 0.512. The normalized spacial score (nSPS) is 14.6. The number of nitrogens with one attached hydrogen (secondary N) is 1. The fraction of sp³-hybridized carbons (Fsp3) is 0.400. The first-order valence-electron chi connectivity index (χ1n) is 11.3. The molecule has 2 heterocycles. The molecule has 0 spiro atoms. The Morgan fingerprint density at radius 3 is 2.55 bits per heavy atom. The molecule has 0 saturated carbocycles. The van der Waals surface area contributed by atoms with Crippen LogP contribution in [-0.4, -0.2) is 60.3 Å². The molecule has 1 N–H and O–H groups in total. The highest BCUT2D eigenvalue weighted by molar-refractivity contribution is 7.71. The molecule has 3 aromatic rings. The van der Waals surface area contributed by atoms with Gasteiger partial charge in [0.05, 0.1) is 23.6 Å². The first-order valence-corrected chi connectivity index (χ1v) is 11.7. The average molecular weight is 467 g/mol. The Balaban J connectivity index is 1.37. The Morgan fingerprint density at radius 1 is 1.06 bits per heavy atom. The van der Waals surface area contributed by atoms with E-state index in [1.807, 2.05) is 0 Å². The number of carbonyl (C=O) groups is 1. The van der Waals surface area contributed by atoms with Crippen molar-refractivity contribution in [3.63, 3.8) is 0 Å². The summed E-state index contributed by atoms with van der Waals surface area (Å²) in [7, 11) is 1.33. The Kier molecular flexibility index (Phi) is 6.95. The topological polar surface area (TPSA) is 70.6 Å². The molecule has 0 amide bonds. The Labute approximate surface area is 198 Å². The predicted octanol–water partition coefficient (Wildman–Crippen LogP) is 3.67. The van der Waals surface area contributed by atoms with Gasteiger partial charge in [-0.1, -0.05) is 12.1 Å². The number of hydrogen-bond acceptors (Lipinski definition) is 6. The van der Waals surface area contributed by atoms with E-state index in [2.05, 4.69) is 46.8 Å². The number of aryl methyl sites for hydroxylation is 2. The summed E-state index contributed by atoms with van der Waals surface area (Å²) in [6.07, 6.45) is 0.840. The van der Waals surface area contributed by atoms with Crippen LogP contribution in [0, 0.1) is 18.6 Å². The first kappa shape index (κ1) is 23.2. The van der Waals surface area contributed by atoms with E-state index in [1.54, 1.807) is 22.8 Å². The minimum absolute atomic E-state index is 0.134. The molecule has 1 fully saturated rings. The molecule has 8 heteroatoms. The van der Waals surface area contributed by atoms with Crippen LogP contribution in [0.1, 0.15) is 27.9 Å². The number of carbonyl (C=O) groups excluding carboxylic acids is 1. The lowest BCUT2D eigenvalue weighted by molar-refractivity contribution is 0.0601. The summed E-state index contributed by atoms with van der Waals surface area (Å²) >= 11 is 5.44. The minimum atomic E-state index is -0.446. The van der Waals surface area contributed by atoms with Crippen LogP contribution in [0.25, 0.3) is 10.9 Å². The van der Waals surface area contributed by atoms with Gasteiger partial charge in [-0.3, -0.25) is 14.3 Å². The second-order valence-corrected chi connectivity index (χ2v) is 9.00. The minimum Gasteiger partial charge on any atom is -0.465 e. The number of esters is 1. The molecule has 1 aliphatic rings. The quantitative estimate of drug-likeness (QED) is 0.442. The zero-order chi connectivity index (χ0) is 23.5. The lowest BCUT2D eigenvalue weighted by atomic mass is 10.1. The van der Waals surface area contributed by atoms with E-state index < -0.39 is 5.97 Å². The van der Waals surface area contributed by atoms with Gasteiger partial charge in [0, 0.05) is 38.4 Å². The van der Waals surface area contributed by atoms with E-state index in [-0.39, 0.29) is 5.56 Å². The molecule has 0 aliphatic carbocycles. The molecule has 33 heavy (non-hydrogen) atoms. The molecule has 7 nitrogen and oxygen atoms in total. The molecule has 0 unspecified atom stereocenters. The fourth-order valence-electron chi connectivity index (χ4n) is 4.43. The lowest BCUT2D eigenvalue weighted by Gasteiger charge is -2.37. The van der Waals surface area contributed by atoms with Gasteiger partial charge in [0.15, 0.2) is 4.77 Å². The van der Waals surface area contributed by atoms with Crippen molar-refractivity contribution in [3.8, 4) is 0 Å². The number of benzene rings is 2. The fourth-order valence-corrected chi connectivity index (χ4v) is 4.71. The third-order valence-electron chi connectivity index (χ3n) is 6.34. The number of aromatic amines is 1. The molecule has 2 aromatic carbocycles. The Bertz CT molecular complexity index is 1290. The number of ether oxygens (including phenoxy) is 1. The summed E-state index contributed by atoms with van der Waals surface area (Å²) in [6, 6.07) is 11.5. The molecule has 1 aromatic heterocycles. The van der Waals surface area contributed by atoms with Crippen molar-refractivity contribution >= 4 is 34.8 Å². The maximum absolute atomic E-state index is 13.0. The van der Waals surface area contributed by atoms with Crippen LogP contribution in [0.5, 0.6) is 0 Å². The van der Waals surface area contributed by atoms with E-state index in [0.29, 0.717) is 27.8 Å². The number of H-pyrrole nitrogens is 1. The molecule has 4 rings (SSSR count). The molecular formula is C25H30N4O3S. The van der Waals surface area contributed by atoms with Crippen LogP contribution in [-0.2, 0) is 11.3 Å².